The molecule has 26 heavy (non-hydrogen) atoms. The van der Waals surface area contributed by atoms with Crippen molar-refractivity contribution in [2.75, 3.05) is 39.4 Å². The summed E-state index contributed by atoms with van der Waals surface area (Å²) < 4.78 is 5.27. The first kappa shape index (κ1) is 18.6. The number of hydrogen-bond acceptors (Lipinski definition) is 5. The summed E-state index contributed by atoms with van der Waals surface area (Å²) in [6.07, 6.45) is 1.43. The Morgan fingerprint density at radius 3 is 2.62 bits per heavy atom. The zero-order chi connectivity index (χ0) is 18.7. The Morgan fingerprint density at radius 2 is 1.92 bits per heavy atom. The molecule has 9 heteroatoms. The molecule has 2 saturated heterocycles. The number of morpholine rings is 1. The van der Waals surface area contributed by atoms with E-state index in [4.69, 9.17) is 16.3 Å². The predicted octanol–water partition coefficient (Wildman–Crippen LogP) is 1.96. The quantitative estimate of drug-likeness (QED) is 0.589. The van der Waals surface area contributed by atoms with Gasteiger partial charge in [-0.05, 0) is 18.9 Å². The molecular formula is C17H20ClN3O5. The van der Waals surface area contributed by atoms with Crippen LogP contribution in [-0.2, 0) is 9.53 Å². The van der Waals surface area contributed by atoms with Crippen LogP contribution in [0, 0.1) is 16.0 Å². The zero-order valence-corrected chi connectivity index (χ0v) is 15.0. The van der Waals surface area contributed by atoms with Crippen molar-refractivity contribution in [3.8, 4) is 0 Å². The van der Waals surface area contributed by atoms with E-state index in [1.807, 2.05) is 0 Å². The first-order valence-electron chi connectivity index (χ1n) is 8.57. The second-order valence-electron chi connectivity index (χ2n) is 6.45. The van der Waals surface area contributed by atoms with E-state index in [0.29, 0.717) is 45.8 Å². The molecule has 2 aliphatic heterocycles. The molecule has 2 amide bonds. The smallest absolute Gasteiger partial charge is 0.270 e. The maximum Gasteiger partial charge on any atom is 0.270 e. The van der Waals surface area contributed by atoms with Gasteiger partial charge >= 0.3 is 0 Å². The Hall–Kier alpha value is -2.19. The average Bonchev–Trinajstić information content (AvgIpc) is 2.68. The first-order chi connectivity index (χ1) is 12.5. The summed E-state index contributed by atoms with van der Waals surface area (Å²) in [5.41, 5.74) is -0.0870. The number of non-ortho nitro benzene ring substituents is 1. The number of ether oxygens (including phenoxy) is 1. The molecule has 2 aliphatic rings. The van der Waals surface area contributed by atoms with Crippen molar-refractivity contribution in [3.63, 3.8) is 0 Å². The Morgan fingerprint density at radius 1 is 1.19 bits per heavy atom. The van der Waals surface area contributed by atoms with Crippen molar-refractivity contribution in [2.45, 2.75) is 12.8 Å². The fourth-order valence-electron chi connectivity index (χ4n) is 3.37. The van der Waals surface area contributed by atoms with E-state index in [2.05, 4.69) is 0 Å². The normalized spacial score (nSPS) is 20.7. The van der Waals surface area contributed by atoms with Crippen molar-refractivity contribution in [1.29, 1.82) is 0 Å². The Kier molecular flexibility index (Phi) is 5.73. The topological polar surface area (TPSA) is 93.0 Å². The van der Waals surface area contributed by atoms with Crippen LogP contribution in [0.1, 0.15) is 23.2 Å². The van der Waals surface area contributed by atoms with E-state index < -0.39 is 4.92 Å². The molecule has 0 radical (unpaired) electrons. The summed E-state index contributed by atoms with van der Waals surface area (Å²) in [4.78, 5) is 39.2. The number of hydrogen-bond donors (Lipinski definition) is 0. The Bertz CT molecular complexity index is 720. The van der Waals surface area contributed by atoms with Gasteiger partial charge in [0.2, 0.25) is 5.91 Å². The maximum atomic E-state index is 12.8. The second kappa shape index (κ2) is 8.01. The summed E-state index contributed by atoms with van der Waals surface area (Å²) in [7, 11) is 0. The van der Waals surface area contributed by atoms with E-state index in [0.717, 1.165) is 6.42 Å². The molecular weight excluding hydrogens is 362 g/mol. The highest BCUT2D eigenvalue weighted by molar-refractivity contribution is 6.33. The summed E-state index contributed by atoms with van der Waals surface area (Å²) in [6.45, 7) is 3.01. The van der Waals surface area contributed by atoms with Crippen LogP contribution >= 0.6 is 11.6 Å². The van der Waals surface area contributed by atoms with E-state index >= 15 is 0 Å². The molecule has 1 atom stereocenters. The van der Waals surface area contributed by atoms with E-state index in [-0.39, 0.29) is 34.0 Å². The number of nitro groups is 1. The van der Waals surface area contributed by atoms with Gasteiger partial charge in [0.1, 0.15) is 0 Å². The van der Waals surface area contributed by atoms with Crippen molar-refractivity contribution >= 4 is 29.1 Å². The number of carbonyl (C=O) groups excluding carboxylic acids is 2. The molecule has 1 aromatic rings. The van der Waals surface area contributed by atoms with Gasteiger partial charge in [-0.25, -0.2) is 0 Å². The fourth-order valence-corrected chi connectivity index (χ4v) is 3.56. The van der Waals surface area contributed by atoms with E-state index in [1.54, 1.807) is 9.80 Å². The van der Waals surface area contributed by atoms with Crippen LogP contribution in [-0.4, -0.2) is 65.9 Å². The van der Waals surface area contributed by atoms with Crippen LogP contribution in [0.3, 0.4) is 0 Å². The van der Waals surface area contributed by atoms with Crippen LogP contribution in [0.4, 0.5) is 5.69 Å². The van der Waals surface area contributed by atoms with Crippen molar-refractivity contribution in [1.82, 2.24) is 9.80 Å². The van der Waals surface area contributed by atoms with Gasteiger partial charge in [0.25, 0.3) is 11.6 Å². The number of benzene rings is 1. The lowest BCUT2D eigenvalue weighted by Crippen LogP contribution is -2.49. The molecule has 0 aliphatic carbocycles. The molecule has 0 N–H and O–H groups in total. The largest absolute Gasteiger partial charge is 0.378 e. The van der Waals surface area contributed by atoms with Gasteiger partial charge < -0.3 is 14.5 Å². The SMILES string of the molecule is O=C(c1cc([N+](=O)[O-])ccc1Cl)N1CCCC(C(=O)N2CCOCC2)C1. The third-order valence-electron chi connectivity index (χ3n) is 4.77. The molecule has 1 aromatic carbocycles. The highest BCUT2D eigenvalue weighted by atomic mass is 35.5. The Labute approximate surface area is 155 Å². The van der Waals surface area contributed by atoms with Crippen molar-refractivity contribution in [3.05, 3.63) is 38.9 Å². The van der Waals surface area contributed by atoms with Crippen molar-refractivity contribution in [2.24, 2.45) is 5.92 Å². The summed E-state index contributed by atoms with van der Waals surface area (Å²) in [6, 6.07) is 3.81. The van der Waals surface area contributed by atoms with Gasteiger partial charge in [-0.15, -0.1) is 0 Å². The minimum absolute atomic E-state index is 0.0379. The van der Waals surface area contributed by atoms with Crippen LogP contribution in [0.5, 0.6) is 0 Å². The first-order valence-corrected chi connectivity index (χ1v) is 8.95. The van der Waals surface area contributed by atoms with Crippen molar-refractivity contribution < 1.29 is 19.2 Å². The molecule has 0 spiro atoms. The summed E-state index contributed by atoms with van der Waals surface area (Å²) in [5, 5.41) is 11.1. The molecule has 0 aromatic heterocycles. The zero-order valence-electron chi connectivity index (χ0n) is 14.2. The summed E-state index contributed by atoms with van der Waals surface area (Å²) >= 11 is 6.08. The molecule has 140 valence electrons. The van der Waals surface area contributed by atoms with E-state index in [9.17, 15) is 19.7 Å². The Balaban J connectivity index is 1.73. The number of amides is 2. The molecule has 2 heterocycles. The lowest BCUT2D eigenvalue weighted by atomic mass is 9.95. The van der Waals surface area contributed by atoms with Gasteiger partial charge in [0, 0.05) is 38.3 Å². The monoisotopic (exact) mass is 381 g/mol. The number of piperidine rings is 1. The minimum Gasteiger partial charge on any atom is -0.378 e. The number of nitro benzene ring substituents is 1. The molecule has 3 rings (SSSR count). The van der Waals surface area contributed by atoms with Gasteiger partial charge in [-0.1, -0.05) is 11.6 Å². The van der Waals surface area contributed by atoms with Gasteiger partial charge in [-0.3, -0.25) is 19.7 Å². The fraction of sp³-hybridized carbons (Fsp3) is 0.529. The third kappa shape index (κ3) is 3.96. The highest BCUT2D eigenvalue weighted by Gasteiger charge is 2.33. The minimum atomic E-state index is -0.561. The number of likely N-dealkylation sites (tertiary alicyclic amines) is 1. The standard InChI is InChI=1S/C17H20ClN3O5/c18-15-4-3-13(21(24)25)10-14(15)17(23)20-5-1-2-12(11-20)16(22)19-6-8-26-9-7-19/h3-4,10,12H,1-2,5-9,11H2. The van der Waals surface area contributed by atoms with E-state index in [1.165, 1.54) is 18.2 Å². The number of nitrogens with zero attached hydrogens (tertiary/aromatic N) is 3. The second-order valence-corrected chi connectivity index (χ2v) is 6.86. The van der Waals surface area contributed by atoms with Gasteiger partial charge in [0.15, 0.2) is 0 Å². The molecule has 2 fully saturated rings. The lowest BCUT2D eigenvalue weighted by molar-refractivity contribution is -0.384. The molecule has 0 bridgehead atoms. The third-order valence-corrected chi connectivity index (χ3v) is 5.10. The predicted molar refractivity (Wildman–Crippen MR) is 94.1 cm³/mol. The molecule has 1 unspecified atom stereocenters. The van der Waals surface area contributed by atoms with Crippen LogP contribution < -0.4 is 0 Å². The average molecular weight is 382 g/mol. The van der Waals surface area contributed by atoms with Gasteiger partial charge in [-0.2, -0.15) is 0 Å². The van der Waals surface area contributed by atoms with Crippen LogP contribution in [0.15, 0.2) is 18.2 Å². The number of rotatable bonds is 3. The molecule has 8 nitrogen and oxygen atoms in total. The lowest BCUT2D eigenvalue weighted by Gasteiger charge is -2.36. The number of carbonyl (C=O) groups is 2. The summed E-state index contributed by atoms with van der Waals surface area (Å²) in [5.74, 6) is -0.600. The maximum absolute atomic E-state index is 12.8. The van der Waals surface area contributed by atoms with Gasteiger partial charge in [0.05, 0.1) is 34.6 Å². The van der Waals surface area contributed by atoms with Crippen LogP contribution in [0.2, 0.25) is 5.02 Å². The molecule has 0 saturated carbocycles. The number of halogens is 1. The van der Waals surface area contributed by atoms with Crippen LogP contribution in [0.25, 0.3) is 0 Å². The highest BCUT2D eigenvalue weighted by Crippen LogP contribution is 2.26.